The average molecular weight is 259 g/mol. The molecule has 0 saturated carbocycles. The van der Waals surface area contributed by atoms with E-state index in [2.05, 4.69) is 15.5 Å². The zero-order valence-corrected chi connectivity index (χ0v) is 11.1. The summed E-state index contributed by atoms with van der Waals surface area (Å²) in [5, 5.41) is 10.1. The van der Waals surface area contributed by atoms with Crippen molar-refractivity contribution in [3.05, 3.63) is 17.0 Å². The molecule has 1 aromatic rings. The first-order valence-corrected chi connectivity index (χ1v) is 5.70. The van der Waals surface area contributed by atoms with E-state index in [1.807, 2.05) is 14.1 Å². The maximum atomic E-state index is 12.1. The summed E-state index contributed by atoms with van der Waals surface area (Å²) in [4.78, 5) is 13.8. The van der Waals surface area contributed by atoms with Crippen LogP contribution in [-0.2, 0) is 12.8 Å². The van der Waals surface area contributed by atoms with Crippen LogP contribution in [0.1, 0.15) is 28.2 Å². The highest BCUT2D eigenvalue weighted by Gasteiger charge is 2.24. The predicted molar refractivity (Wildman–Crippen MR) is 68.7 cm³/mol. The van der Waals surface area contributed by atoms with Gasteiger partial charge in [0.2, 0.25) is 0 Å². The van der Waals surface area contributed by atoms with Crippen molar-refractivity contribution in [3.63, 3.8) is 0 Å². The number of fused-ring (bicyclic) bond motifs is 1. The Labute approximate surface area is 107 Å². The number of nitrogens with zero attached hydrogens (tertiary/aromatic N) is 2. The summed E-state index contributed by atoms with van der Waals surface area (Å²) in [5.74, 6) is 0.0228. The van der Waals surface area contributed by atoms with E-state index >= 15 is 0 Å². The van der Waals surface area contributed by atoms with E-state index in [-0.39, 0.29) is 18.3 Å². The van der Waals surface area contributed by atoms with Crippen molar-refractivity contribution in [2.24, 2.45) is 0 Å². The van der Waals surface area contributed by atoms with E-state index in [0.717, 1.165) is 37.1 Å². The van der Waals surface area contributed by atoms with Crippen molar-refractivity contribution < 1.29 is 4.79 Å². The van der Waals surface area contributed by atoms with Gasteiger partial charge in [0.15, 0.2) is 5.69 Å². The van der Waals surface area contributed by atoms with Crippen LogP contribution in [0.15, 0.2) is 0 Å². The lowest BCUT2D eigenvalue weighted by atomic mass is 10.2. The molecule has 0 spiro atoms. The van der Waals surface area contributed by atoms with Crippen LogP contribution in [0.25, 0.3) is 0 Å². The number of rotatable bonds is 4. The third-order valence-electron chi connectivity index (χ3n) is 3.05. The molecule has 0 aliphatic heterocycles. The quantitative estimate of drug-likeness (QED) is 0.832. The van der Waals surface area contributed by atoms with Crippen LogP contribution < -0.4 is 5.32 Å². The molecule has 0 unspecified atom stereocenters. The maximum absolute atomic E-state index is 12.1. The van der Waals surface area contributed by atoms with Gasteiger partial charge in [0, 0.05) is 31.4 Å². The van der Waals surface area contributed by atoms with E-state index in [0.29, 0.717) is 12.2 Å². The van der Waals surface area contributed by atoms with Crippen molar-refractivity contribution in [1.29, 1.82) is 0 Å². The third-order valence-corrected chi connectivity index (χ3v) is 3.05. The highest BCUT2D eigenvalue weighted by Crippen LogP contribution is 2.23. The number of nitrogens with one attached hydrogen (secondary N) is 2. The molecule has 1 amide bonds. The molecule has 0 radical (unpaired) electrons. The molecule has 2 N–H and O–H groups in total. The van der Waals surface area contributed by atoms with Gasteiger partial charge in [-0.3, -0.25) is 9.89 Å². The van der Waals surface area contributed by atoms with Gasteiger partial charge >= 0.3 is 0 Å². The van der Waals surface area contributed by atoms with Gasteiger partial charge in [-0.05, 0) is 26.3 Å². The first-order chi connectivity index (χ1) is 7.74. The largest absolute Gasteiger partial charge is 0.339 e. The Kier molecular flexibility index (Phi) is 4.96. The highest BCUT2D eigenvalue weighted by atomic mass is 35.5. The number of amides is 1. The summed E-state index contributed by atoms with van der Waals surface area (Å²) in [6, 6.07) is 0. The van der Waals surface area contributed by atoms with Crippen LogP contribution in [0.2, 0.25) is 0 Å². The van der Waals surface area contributed by atoms with Crippen LogP contribution in [-0.4, -0.2) is 48.2 Å². The fourth-order valence-corrected chi connectivity index (χ4v) is 2.06. The SMILES string of the molecule is CNCCN(C)C(=O)c1n[nH]c2c1CCC2.Cl. The lowest BCUT2D eigenvalue weighted by molar-refractivity contribution is 0.0790. The Hall–Kier alpha value is -1.07. The van der Waals surface area contributed by atoms with Crippen molar-refractivity contribution in [2.75, 3.05) is 27.2 Å². The normalized spacial score (nSPS) is 13.1. The van der Waals surface area contributed by atoms with Gasteiger partial charge in [0.1, 0.15) is 0 Å². The summed E-state index contributed by atoms with van der Waals surface area (Å²) in [6.07, 6.45) is 3.13. The molecule has 0 bridgehead atoms. The molecule has 0 saturated heterocycles. The number of aryl methyl sites for hydroxylation is 1. The minimum absolute atomic E-state index is 0. The van der Waals surface area contributed by atoms with Gasteiger partial charge in [0.05, 0.1) is 0 Å². The summed E-state index contributed by atoms with van der Waals surface area (Å²) in [7, 11) is 3.69. The van der Waals surface area contributed by atoms with E-state index in [4.69, 9.17) is 0 Å². The Morgan fingerprint density at radius 3 is 3.00 bits per heavy atom. The molecule has 1 heterocycles. The van der Waals surface area contributed by atoms with Crippen LogP contribution in [0.4, 0.5) is 0 Å². The lowest BCUT2D eigenvalue weighted by Crippen LogP contribution is -2.33. The summed E-state index contributed by atoms with van der Waals surface area (Å²) in [5.41, 5.74) is 2.89. The van der Waals surface area contributed by atoms with Crippen LogP contribution in [0, 0.1) is 0 Å². The topological polar surface area (TPSA) is 61.0 Å². The molecule has 1 aliphatic carbocycles. The number of halogens is 1. The number of aromatic nitrogens is 2. The van der Waals surface area contributed by atoms with Gasteiger partial charge in [0.25, 0.3) is 5.91 Å². The fraction of sp³-hybridized carbons (Fsp3) is 0.636. The Morgan fingerprint density at radius 2 is 2.29 bits per heavy atom. The predicted octanol–water partition coefficient (Wildman–Crippen LogP) is 0.612. The Morgan fingerprint density at radius 1 is 1.53 bits per heavy atom. The molecule has 0 fully saturated rings. The monoisotopic (exact) mass is 258 g/mol. The van der Waals surface area contributed by atoms with Gasteiger partial charge in [-0.1, -0.05) is 0 Å². The fourth-order valence-electron chi connectivity index (χ4n) is 2.06. The van der Waals surface area contributed by atoms with E-state index < -0.39 is 0 Å². The first-order valence-electron chi connectivity index (χ1n) is 5.70. The molecule has 17 heavy (non-hydrogen) atoms. The lowest BCUT2D eigenvalue weighted by Gasteiger charge is -2.15. The summed E-state index contributed by atoms with van der Waals surface area (Å²) >= 11 is 0. The molecular weight excluding hydrogens is 240 g/mol. The average Bonchev–Trinajstić information content (AvgIpc) is 2.86. The second kappa shape index (κ2) is 6.02. The van der Waals surface area contributed by atoms with Crippen molar-refractivity contribution >= 4 is 18.3 Å². The minimum Gasteiger partial charge on any atom is -0.339 e. The number of carbonyl (C=O) groups excluding carboxylic acids is 1. The number of aromatic amines is 1. The summed E-state index contributed by atoms with van der Waals surface area (Å²) in [6.45, 7) is 1.51. The van der Waals surface area contributed by atoms with Gasteiger partial charge in [-0.25, -0.2) is 0 Å². The van der Waals surface area contributed by atoms with Gasteiger partial charge < -0.3 is 10.2 Å². The smallest absolute Gasteiger partial charge is 0.274 e. The minimum atomic E-state index is 0. The van der Waals surface area contributed by atoms with E-state index in [1.54, 1.807) is 4.90 Å². The number of likely N-dealkylation sites (N-methyl/N-ethyl adjacent to an activating group) is 2. The number of hydrogen-bond acceptors (Lipinski definition) is 3. The van der Waals surface area contributed by atoms with Gasteiger partial charge in [-0.2, -0.15) is 5.10 Å². The molecule has 6 heteroatoms. The first kappa shape index (κ1) is 14.0. The second-order valence-electron chi connectivity index (χ2n) is 4.21. The van der Waals surface area contributed by atoms with Crippen molar-refractivity contribution in [2.45, 2.75) is 19.3 Å². The van der Waals surface area contributed by atoms with Crippen LogP contribution >= 0.6 is 12.4 Å². The summed E-state index contributed by atoms with van der Waals surface area (Å²) < 4.78 is 0. The molecule has 96 valence electrons. The van der Waals surface area contributed by atoms with E-state index in [1.165, 1.54) is 0 Å². The van der Waals surface area contributed by atoms with Gasteiger partial charge in [-0.15, -0.1) is 12.4 Å². The molecule has 1 aliphatic rings. The van der Waals surface area contributed by atoms with Crippen molar-refractivity contribution in [3.8, 4) is 0 Å². The number of carbonyl (C=O) groups is 1. The van der Waals surface area contributed by atoms with Crippen molar-refractivity contribution in [1.82, 2.24) is 20.4 Å². The molecule has 1 aromatic heterocycles. The molecule has 5 nitrogen and oxygen atoms in total. The molecule has 2 rings (SSSR count). The zero-order chi connectivity index (χ0) is 11.5. The van der Waals surface area contributed by atoms with Crippen LogP contribution in [0.3, 0.4) is 0 Å². The third kappa shape index (κ3) is 2.79. The molecule has 0 aromatic carbocycles. The second-order valence-corrected chi connectivity index (χ2v) is 4.21. The molecule has 0 atom stereocenters. The Balaban J connectivity index is 0.00000144. The highest BCUT2D eigenvalue weighted by molar-refractivity contribution is 5.94. The van der Waals surface area contributed by atoms with E-state index in [9.17, 15) is 4.79 Å². The molecular formula is C11H19ClN4O. The zero-order valence-electron chi connectivity index (χ0n) is 10.2. The number of hydrogen-bond donors (Lipinski definition) is 2. The van der Waals surface area contributed by atoms with Crippen LogP contribution in [0.5, 0.6) is 0 Å². The number of H-pyrrole nitrogens is 1. The maximum Gasteiger partial charge on any atom is 0.274 e. The standard InChI is InChI=1S/C11H18N4O.ClH/c1-12-6-7-15(2)11(16)10-8-4-3-5-9(8)13-14-10;/h12H,3-7H2,1-2H3,(H,13,14);1H. The Bertz CT molecular complexity index is 391.